The fourth-order valence-corrected chi connectivity index (χ4v) is 1.56. The highest BCUT2D eigenvalue weighted by atomic mass is 16.5. The maximum Gasteiger partial charge on any atom is 0.290 e. The Balaban J connectivity index is 1.90. The second-order valence-corrected chi connectivity index (χ2v) is 4.59. The molecule has 0 spiro atoms. The lowest BCUT2D eigenvalue weighted by Crippen LogP contribution is -2.31. The van der Waals surface area contributed by atoms with E-state index >= 15 is 0 Å². The average molecular weight is 274 g/mol. The van der Waals surface area contributed by atoms with Gasteiger partial charge in [0.2, 0.25) is 5.76 Å². The molecule has 0 aliphatic heterocycles. The number of hydrogen-bond donors (Lipinski definition) is 1. The third-order valence-electron chi connectivity index (χ3n) is 2.93. The summed E-state index contributed by atoms with van der Waals surface area (Å²) in [6.07, 6.45) is 0.858. The number of amides is 1. The van der Waals surface area contributed by atoms with Crippen LogP contribution in [0.1, 0.15) is 36.4 Å². The van der Waals surface area contributed by atoms with Gasteiger partial charge < -0.3 is 14.6 Å². The molecule has 0 aliphatic carbocycles. The molecule has 0 bridgehead atoms. The predicted molar refractivity (Wildman–Crippen MR) is 74.5 cm³/mol. The largest absolute Gasteiger partial charge is 0.471 e. The number of nitrogens with zero attached hydrogens (tertiary/aromatic N) is 1. The molecule has 2 rings (SSSR count). The van der Waals surface area contributed by atoms with Crippen LogP contribution in [0.5, 0.6) is 5.88 Å². The van der Waals surface area contributed by atoms with Crippen LogP contribution >= 0.6 is 0 Å². The number of carbonyl (C=O) groups is 1. The third-order valence-corrected chi connectivity index (χ3v) is 2.93. The van der Waals surface area contributed by atoms with Crippen LogP contribution in [0, 0.1) is 0 Å². The molecule has 1 heterocycles. The summed E-state index contributed by atoms with van der Waals surface area (Å²) < 4.78 is 10.4. The minimum Gasteiger partial charge on any atom is -0.471 e. The Morgan fingerprint density at radius 3 is 2.85 bits per heavy atom. The SMILES string of the molecule is CCC(C)NC(=O)c1cc(OCc2ccccc2)no1. The van der Waals surface area contributed by atoms with Crippen molar-refractivity contribution in [1.29, 1.82) is 0 Å². The number of benzene rings is 1. The van der Waals surface area contributed by atoms with E-state index in [2.05, 4.69) is 10.5 Å². The van der Waals surface area contributed by atoms with Gasteiger partial charge in [-0.25, -0.2) is 0 Å². The first kappa shape index (κ1) is 14.1. The number of carbonyl (C=O) groups excluding carboxylic acids is 1. The molecule has 1 N–H and O–H groups in total. The Morgan fingerprint density at radius 2 is 2.15 bits per heavy atom. The van der Waals surface area contributed by atoms with Crippen LogP contribution in [-0.2, 0) is 6.61 Å². The van der Waals surface area contributed by atoms with E-state index in [0.29, 0.717) is 12.5 Å². The first-order valence-corrected chi connectivity index (χ1v) is 6.63. The van der Waals surface area contributed by atoms with E-state index in [-0.39, 0.29) is 17.7 Å². The average Bonchev–Trinajstić information content (AvgIpc) is 2.95. The van der Waals surface area contributed by atoms with Crippen LogP contribution in [0.25, 0.3) is 0 Å². The molecule has 0 radical (unpaired) electrons. The van der Waals surface area contributed by atoms with Crippen LogP contribution < -0.4 is 10.1 Å². The summed E-state index contributed by atoms with van der Waals surface area (Å²) in [4.78, 5) is 11.8. The van der Waals surface area contributed by atoms with Crippen molar-refractivity contribution in [2.45, 2.75) is 32.9 Å². The van der Waals surface area contributed by atoms with Gasteiger partial charge in [-0.3, -0.25) is 4.79 Å². The van der Waals surface area contributed by atoms with E-state index in [4.69, 9.17) is 9.26 Å². The molecular formula is C15H18N2O3. The molecule has 0 fully saturated rings. The number of ether oxygens (including phenoxy) is 1. The molecule has 0 saturated carbocycles. The lowest BCUT2D eigenvalue weighted by atomic mass is 10.2. The zero-order valence-electron chi connectivity index (χ0n) is 11.6. The summed E-state index contributed by atoms with van der Waals surface area (Å²) in [7, 11) is 0. The lowest BCUT2D eigenvalue weighted by molar-refractivity contribution is 0.0901. The molecule has 1 unspecified atom stereocenters. The lowest BCUT2D eigenvalue weighted by Gasteiger charge is -2.08. The Morgan fingerprint density at radius 1 is 1.40 bits per heavy atom. The van der Waals surface area contributed by atoms with Gasteiger partial charge in [-0.2, -0.15) is 0 Å². The standard InChI is InChI=1S/C15H18N2O3/c1-3-11(2)16-15(18)13-9-14(17-20-13)19-10-12-7-5-4-6-8-12/h4-9,11H,3,10H2,1-2H3,(H,16,18). The summed E-state index contributed by atoms with van der Waals surface area (Å²) in [5.41, 5.74) is 1.03. The quantitative estimate of drug-likeness (QED) is 0.879. The van der Waals surface area contributed by atoms with Crippen molar-refractivity contribution >= 4 is 5.91 Å². The number of aromatic nitrogens is 1. The molecular weight excluding hydrogens is 256 g/mol. The Hall–Kier alpha value is -2.30. The van der Waals surface area contributed by atoms with Crippen LogP contribution in [0.3, 0.4) is 0 Å². The van der Waals surface area contributed by atoms with E-state index in [1.165, 1.54) is 6.07 Å². The molecule has 1 aromatic heterocycles. The van der Waals surface area contributed by atoms with Crippen molar-refractivity contribution in [2.75, 3.05) is 0 Å². The zero-order chi connectivity index (χ0) is 14.4. The van der Waals surface area contributed by atoms with Crippen LogP contribution in [-0.4, -0.2) is 17.1 Å². The van der Waals surface area contributed by atoms with E-state index in [1.807, 2.05) is 44.2 Å². The fourth-order valence-electron chi connectivity index (χ4n) is 1.56. The number of nitrogens with one attached hydrogen (secondary N) is 1. The molecule has 1 aromatic carbocycles. The van der Waals surface area contributed by atoms with Crippen molar-refractivity contribution in [3.05, 3.63) is 47.7 Å². The van der Waals surface area contributed by atoms with Gasteiger partial charge in [0, 0.05) is 6.04 Å². The molecule has 0 saturated heterocycles. The highest BCUT2D eigenvalue weighted by Crippen LogP contribution is 2.13. The van der Waals surface area contributed by atoms with Gasteiger partial charge in [0.15, 0.2) is 0 Å². The van der Waals surface area contributed by atoms with E-state index in [9.17, 15) is 4.79 Å². The predicted octanol–water partition coefficient (Wildman–Crippen LogP) is 2.78. The van der Waals surface area contributed by atoms with Crippen LogP contribution in [0.2, 0.25) is 0 Å². The molecule has 5 nitrogen and oxygen atoms in total. The normalized spacial score (nSPS) is 11.9. The van der Waals surface area contributed by atoms with Crippen molar-refractivity contribution in [1.82, 2.24) is 10.5 Å². The summed E-state index contributed by atoms with van der Waals surface area (Å²) in [6, 6.07) is 11.3. The number of rotatable bonds is 6. The van der Waals surface area contributed by atoms with Crippen molar-refractivity contribution in [2.24, 2.45) is 0 Å². The van der Waals surface area contributed by atoms with E-state index < -0.39 is 0 Å². The van der Waals surface area contributed by atoms with E-state index in [0.717, 1.165) is 12.0 Å². The minimum absolute atomic E-state index is 0.0984. The highest BCUT2D eigenvalue weighted by molar-refractivity contribution is 5.91. The smallest absolute Gasteiger partial charge is 0.290 e. The third kappa shape index (κ3) is 3.85. The van der Waals surface area contributed by atoms with Gasteiger partial charge in [-0.05, 0) is 24.1 Å². The van der Waals surface area contributed by atoms with Gasteiger partial charge in [-0.15, -0.1) is 0 Å². The van der Waals surface area contributed by atoms with Gasteiger partial charge in [0.05, 0.1) is 6.07 Å². The van der Waals surface area contributed by atoms with Crippen molar-refractivity contribution in [3.63, 3.8) is 0 Å². The van der Waals surface area contributed by atoms with Gasteiger partial charge in [-0.1, -0.05) is 37.3 Å². The Kier molecular flexibility index (Phi) is 4.76. The fraction of sp³-hybridized carbons (Fsp3) is 0.333. The monoisotopic (exact) mass is 274 g/mol. The molecule has 20 heavy (non-hydrogen) atoms. The second kappa shape index (κ2) is 6.75. The Bertz CT molecular complexity index is 551. The molecule has 106 valence electrons. The number of hydrogen-bond acceptors (Lipinski definition) is 4. The summed E-state index contributed by atoms with van der Waals surface area (Å²) in [5.74, 6) is 0.193. The summed E-state index contributed by atoms with van der Waals surface area (Å²) in [6.45, 7) is 4.32. The maximum atomic E-state index is 11.8. The topological polar surface area (TPSA) is 64.4 Å². The van der Waals surface area contributed by atoms with E-state index in [1.54, 1.807) is 0 Å². The first-order valence-electron chi connectivity index (χ1n) is 6.63. The van der Waals surface area contributed by atoms with Crippen molar-refractivity contribution in [3.8, 4) is 5.88 Å². The Labute approximate surface area is 117 Å². The van der Waals surface area contributed by atoms with Crippen LogP contribution in [0.15, 0.2) is 40.9 Å². The van der Waals surface area contributed by atoms with Gasteiger partial charge in [0.1, 0.15) is 6.61 Å². The molecule has 2 aromatic rings. The highest BCUT2D eigenvalue weighted by Gasteiger charge is 2.15. The molecule has 1 amide bonds. The first-order chi connectivity index (χ1) is 9.69. The summed E-state index contributed by atoms with van der Waals surface area (Å²) >= 11 is 0. The van der Waals surface area contributed by atoms with Gasteiger partial charge in [0.25, 0.3) is 11.8 Å². The van der Waals surface area contributed by atoms with Gasteiger partial charge >= 0.3 is 0 Å². The summed E-state index contributed by atoms with van der Waals surface area (Å²) in [5, 5.41) is 6.53. The molecule has 5 heteroatoms. The van der Waals surface area contributed by atoms with Crippen molar-refractivity contribution < 1.29 is 14.1 Å². The second-order valence-electron chi connectivity index (χ2n) is 4.59. The molecule has 1 atom stereocenters. The zero-order valence-corrected chi connectivity index (χ0v) is 11.6. The molecule has 0 aliphatic rings. The van der Waals surface area contributed by atoms with Crippen LogP contribution in [0.4, 0.5) is 0 Å². The minimum atomic E-state index is -0.276. The maximum absolute atomic E-state index is 11.8.